The molecule has 19 heavy (non-hydrogen) atoms. The quantitative estimate of drug-likeness (QED) is 0.832. The van der Waals surface area contributed by atoms with E-state index in [9.17, 15) is 13.2 Å². The Balaban J connectivity index is 2.08. The Morgan fingerprint density at radius 1 is 1.21 bits per heavy atom. The molecule has 0 amide bonds. The zero-order valence-corrected chi connectivity index (χ0v) is 11.4. The summed E-state index contributed by atoms with van der Waals surface area (Å²) in [5, 5.41) is 3.94. The van der Waals surface area contributed by atoms with Gasteiger partial charge in [-0.25, -0.2) is 9.67 Å². The smallest absolute Gasteiger partial charge is 0.301 e. The first kappa shape index (κ1) is 14.3. The molecule has 0 radical (unpaired) electrons. The van der Waals surface area contributed by atoms with Crippen LogP contribution >= 0.6 is 0 Å². The van der Waals surface area contributed by atoms with Crippen molar-refractivity contribution >= 4 is 0 Å². The summed E-state index contributed by atoms with van der Waals surface area (Å²) < 4.78 is 38.8. The fourth-order valence-electron chi connectivity index (χ4n) is 2.50. The predicted octanol–water partition coefficient (Wildman–Crippen LogP) is 2.42. The van der Waals surface area contributed by atoms with Gasteiger partial charge in [-0.3, -0.25) is 0 Å². The van der Waals surface area contributed by atoms with E-state index in [0.29, 0.717) is 11.9 Å². The molecule has 7 heteroatoms. The van der Waals surface area contributed by atoms with Crippen LogP contribution in [0.25, 0.3) is 0 Å². The van der Waals surface area contributed by atoms with Gasteiger partial charge in [-0.1, -0.05) is 0 Å². The molecular formula is C12H19F3N4. The van der Waals surface area contributed by atoms with Crippen LogP contribution in [0.4, 0.5) is 13.2 Å². The summed E-state index contributed by atoms with van der Waals surface area (Å²) in [7, 11) is 1.29. The van der Waals surface area contributed by atoms with Gasteiger partial charge >= 0.3 is 6.18 Å². The third-order valence-corrected chi connectivity index (χ3v) is 3.66. The maximum absolute atomic E-state index is 12.7. The molecule has 0 aromatic carbocycles. The first-order valence-corrected chi connectivity index (χ1v) is 6.51. The SMILES string of the molecule is CC(C)N1CCC(c2nc(C(F)(F)F)n(C)n2)CC1. The highest BCUT2D eigenvalue weighted by atomic mass is 19.4. The Hall–Kier alpha value is -1.11. The van der Waals surface area contributed by atoms with E-state index in [1.165, 1.54) is 7.05 Å². The van der Waals surface area contributed by atoms with E-state index in [4.69, 9.17) is 0 Å². The number of rotatable bonds is 2. The molecule has 1 aromatic rings. The molecule has 4 nitrogen and oxygen atoms in total. The predicted molar refractivity (Wildman–Crippen MR) is 64.7 cm³/mol. The van der Waals surface area contributed by atoms with Crippen LogP contribution in [-0.2, 0) is 13.2 Å². The molecule has 0 atom stereocenters. The Bertz CT molecular complexity index is 431. The summed E-state index contributed by atoms with van der Waals surface area (Å²) in [6, 6.07) is 0.475. The molecule has 0 N–H and O–H groups in total. The van der Waals surface area contributed by atoms with Gasteiger partial charge in [-0.2, -0.15) is 18.3 Å². The van der Waals surface area contributed by atoms with E-state index in [-0.39, 0.29) is 5.92 Å². The molecule has 0 saturated carbocycles. The lowest BCUT2D eigenvalue weighted by molar-refractivity contribution is -0.147. The van der Waals surface area contributed by atoms with Crippen molar-refractivity contribution in [2.24, 2.45) is 7.05 Å². The van der Waals surface area contributed by atoms with Crippen LogP contribution in [-0.4, -0.2) is 38.8 Å². The van der Waals surface area contributed by atoms with E-state index >= 15 is 0 Å². The minimum absolute atomic E-state index is 0.0392. The van der Waals surface area contributed by atoms with E-state index < -0.39 is 12.0 Å². The maximum atomic E-state index is 12.7. The molecule has 0 bridgehead atoms. The van der Waals surface area contributed by atoms with Crippen LogP contribution in [0.15, 0.2) is 0 Å². The van der Waals surface area contributed by atoms with Crippen LogP contribution in [0.1, 0.15) is 44.3 Å². The molecule has 0 aliphatic carbocycles. The zero-order valence-electron chi connectivity index (χ0n) is 11.4. The molecule has 1 aliphatic rings. The maximum Gasteiger partial charge on any atom is 0.451 e. The van der Waals surface area contributed by atoms with Crippen molar-refractivity contribution in [2.45, 2.75) is 44.8 Å². The number of hydrogen-bond acceptors (Lipinski definition) is 3. The lowest BCUT2D eigenvalue weighted by atomic mass is 9.95. The Morgan fingerprint density at radius 3 is 2.21 bits per heavy atom. The summed E-state index contributed by atoms with van der Waals surface area (Å²) >= 11 is 0. The van der Waals surface area contributed by atoms with Crippen LogP contribution in [0.3, 0.4) is 0 Å². The van der Waals surface area contributed by atoms with Crippen molar-refractivity contribution in [3.05, 3.63) is 11.6 Å². The third kappa shape index (κ3) is 3.08. The molecule has 2 heterocycles. The average Bonchev–Trinajstić information content (AvgIpc) is 2.71. The van der Waals surface area contributed by atoms with Crippen molar-refractivity contribution < 1.29 is 13.2 Å². The highest BCUT2D eigenvalue weighted by Crippen LogP contribution is 2.31. The number of likely N-dealkylation sites (tertiary alicyclic amines) is 1. The standard InChI is InChI=1S/C12H19F3N4/c1-8(2)19-6-4-9(5-7-19)10-16-11(12(13,14)15)18(3)17-10/h8-9H,4-7H2,1-3H3. The summed E-state index contributed by atoms with van der Waals surface area (Å²) in [5.74, 6) is -0.538. The molecular weight excluding hydrogens is 257 g/mol. The zero-order chi connectivity index (χ0) is 14.2. The molecule has 2 rings (SSSR count). The molecule has 1 saturated heterocycles. The second-order valence-corrected chi connectivity index (χ2v) is 5.32. The summed E-state index contributed by atoms with van der Waals surface area (Å²) in [4.78, 5) is 6.01. The van der Waals surface area contributed by atoms with E-state index in [0.717, 1.165) is 30.6 Å². The van der Waals surface area contributed by atoms with Crippen molar-refractivity contribution in [3.8, 4) is 0 Å². The van der Waals surface area contributed by atoms with Crippen molar-refractivity contribution in [1.29, 1.82) is 0 Å². The molecule has 1 aliphatic heterocycles. The van der Waals surface area contributed by atoms with E-state index in [2.05, 4.69) is 28.8 Å². The Kier molecular flexibility index (Phi) is 3.85. The highest BCUT2D eigenvalue weighted by Gasteiger charge is 2.38. The second kappa shape index (κ2) is 5.11. The van der Waals surface area contributed by atoms with Gasteiger partial charge in [0.05, 0.1) is 0 Å². The van der Waals surface area contributed by atoms with Crippen molar-refractivity contribution in [1.82, 2.24) is 19.7 Å². The molecule has 0 unspecified atom stereocenters. The lowest BCUT2D eigenvalue weighted by Gasteiger charge is -2.33. The van der Waals surface area contributed by atoms with Crippen molar-refractivity contribution in [2.75, 3.05) is 13.1 Å². The number of hydrogen-bond donors (Lipinski definition) is 0. The number of halogens is 3. The molecule has 1 aromatic heterocycles. The van der Waals surface area contributed by atoms with Gasteiger partial charge in [-0.05, 0) is 39.8 Å². The van der Waals surface area contributed by atoms with Crippen LogP contribution in [0, 0.1) is 0 Å². The lowest BCUT2D eigenvalue weighted by Crippen LogP contribution is -2.38. The number of nitrogens with zero attached hydrogens (tertiary/aromatic N) is 4. The number of aryl methyl sites for hydroxylation is 1. The minimum Gasteiger partial charge on any atom is -0.301 e. The van der Waals surface area contributed by atoms with Gasteiger partial charge in [0.25, 0.3) is 0 Å². The summed E-state index contributed by atoms with van der Waals surface area (Å²) in [6.07, 6.45) is -2.79. The highest BCUT2D eigenvalue weighted by molar-refractivity contribution is 5.03. The van der Waals surface area contributed by atoms with Crippen molar-refractivity contribution in [3.63, 3.8) is 0 Å². The van der Waals surface area contributed by atoms with Gasteiger partial charge in [0.15, 0.2) is 5.82 Å². The van der Waals surface area contributed by atoms with E-state index in [1.54, 1.807) is 0 Å². The van der Waals surface area contributed by atoms with Gasteiger partial charge in [0.2, 0.25) is 5.82 Å². The average molecular weight is 276 g/mol. The number of alkyl halides is 3. The summed E-state index contributed by atoms with van der Waals surface area (Å²) in [6.45, 7) is 6.03. The fourth-order valence-corrected chi connectivity index (χ4v) is 2.50. The van der Waals surface area contributed by atoms with Gasteiger partial charge in [-0.15, -0.1) is 0 Å². The van der Waals surface area contributed by atoms with Gasteiger partial charge in [0, 0.05) is 19.0 Å². The first-order chi connectivity index (χ1) is 8.79. The normalized spacial score (nSPS) is 19.3. The topological polar surface area (TPSA) is 34.0 Å². The minimum atomic E-state index is -4.43. The Labute approximate surface area is 110 Å². The van der Waals surface area contributed by atoms with Crippen LogP contribution in [0.5, 0.6) is 0 Å². The van der Waals surface area contributed by atoms with Crippen LogP contribution < -0.4 is 0 Å². The largest absolute Gasteiger partial charge is 0.451 e. The third-order valence-electron chi connectivity index (χ3n) is 3.66. The number of aromatic nitrogens is 3. The van der Waals surface area contributed by atoms with Gasteiger partial charge in [0.1, 0.15) is 0 Å². The Morgan fingerprint density at radius 2 is 1.79 bits per heavy atom. The van der Waals surface area contributed by atoms with E-state index in [1.807, 2.05) is 0 Å². The first-order valence-electron chi connectivity index (χ1n) is 6.51. The fraction of sp³-hybridized carbons (Fsp3) is 0.833. The molecule has 1 fully saturated rings. The molecule has 0 spiro atoms. The number of piperidine rings is 1. The molecule has 108 valence electrons. The second-order valence-electron chi connectivity index (χ2n) is 5.32. The summed E-state index contributed by atoms with van der Waals surface area (Å²) in [5.41, 5.74) is 0. The van der Waals surface area contributed by atoms with Crippen LogP contribution in [0.2, 0.25) is 0 Å². The monoisotopic (exact) mass is 276 g/mol. The van der Waals surface area contributed by atoms with Gasteiger partial charge < -0.3 is 4.90 Å².